The molecule has 1 nitrogen and oxygen atoms in total. The Bertz CT molecular complexity index is 503. The lowest BCUT2D eigenvalue weighted by Crippen LogP contribution is -2.14. The summed E-state index contributed by atoms with van der Waals surface area (Å²) in [5.74, 6) is 2.33. The van der Waals surface area contributed by atoms with Crippen molar-refractivity contribution in [2.75, 3.05) is 7.11 Å². The van der Waals surface area contributed by atoms with Gasteiger partial charge in [0.1, 0.15) is 5.75 Å². The number of benzene rings is 1. The molecule has 2 rings (SSSR count). The lowest BCUT2D eigenvalue weighted by molar-refractivity contribution is 0.411. The summed E-state index contributed by atoms with van der Waals surface area (Å²) in [4.78, 5) is 0. The number of methoxy groups -OCH3 is 1. The van der Waals surface area contributed by atoms with Gasteiger partial charge in [0.05, 0.1) is 7.11 Å². The van der Waals surface area contributed by atoms with Crippen LogP contribution in [0.3, 0.4) is 0 Å². The molecule has 114 valence electrons. The molecule has 0 unspecified atom stereocenters. The van der Waals surface area contributed by atoms with Crippen LogP contribution in [0.4, 0.5) is 0 Å². The summed E-state index contributed by atoms with van der Waals surface area (Å²) < 4.78 is 5.25. The van der Waals surface area contributed by atoms with Crippen molar-refractivity contribution in [3.05, 3.63) is 53.1 Å². The molecule has 0 fully saturated rings. The second kappa shape index (κ2) is 7.49. The van der Waals surface area contributed by atoms with Gasteiger partial charge in [-0.1, -0.05) is 42.4 Å². The highest BCUT2D eigenvalue weighted by atomic mass is 16.5. The van der Waals surface area contributed by atoms with Crippen molar-refractivity contribution in [3.8, 4) is 5.75 Å². The molecular weight excluding hydrogens is 256 g/mol. The third kappa shape index (κ3) is 4.49. The first-order valence-electron chi connectivity index (χ1n) is 8.05. The molecule has 2 atom stereocenters. The first kappa shape index (κ1) is 15.9. The van der Waals surface area contributed by atoms with Gasteiger partial charge >= 0.3 is 0 Å². The summed E-state index contributed by atoms with van der Waals surface area (Å²) in [6.07, 6.45) is 9.67. The summed E-state index contributed by atoms with van der Waals surface area (Å²) in [6.45, 7) is 6.75. The highest BCUT2D eigenvalue weighted by molar-refractivity contribution is 5.31. The SMILES string of the molecule is COc1ccc([C@H]2CC=C(CCC=C(C)C)C[C@@H]2C)cc1. The van der Waals surface area contributed by atoms with E-state index < -0.39 is 0 Å². The predicted octanol–water partition coefficient (Wildman–Crippen LogP) is 5.88. The van der Waals surface area contributed by atoms with Crippen LogP contribution in [0, 0.1) is 5.92 Å². The fourth-order valence-electron chi connectivity index (χ4n) is 3.23. The van der Waals surface area contributed by atoms with E-state index in [1.54, 1.807) is 12.7 Å². The van der Waals surface area contributed by atoms with Crippen LogP contribution in [0.15, 0.2) is 47.6 Å². The number of rotatable bonds is 5. The number of allylic oxidation sites excluding steroid dienone is 4. The van der Waals surface area contributed by atoms with Crippen LogP contribution < -0.4 is 4.74 Å². The van der Waals surface area contributed by atoms with Gasteiger partial charge in [-0.2, -0.15) is 0 Å². The minimum Gasteiger partial charge on any atom is -0.497 e. The summed E-state index contributed by atoms with van der Waals surface area (Å²) in [5.41, 5.74) is 4.52. The van der Waals surface area contributed by atoms with Gasteiger partial charge in [0.2, 0.25) is 0 Å². The van der Waals surface area contributed by atoms with Gasteiger partial charge in [-0.05, 0) is 69.1 Å². The lowest BCUT2D eigenvalue weighted by Gasteiger charge is -2.29. The minimum atomic E-state index is 0.656. The Balaban J connectivity index is 1.98. The molecule has 1 aliphatic rings. The van der Waals surface area contributed by atoms with Crippen molar-refractivity contribution in [2.45, 2.75) is 52.4 Å². The van der Waals surface area contributed by atoms with E-state index in [4.69, 9.17) is 4.74 Å². The number of ether oxygens (including phenoxy) is 1. The lowest BCUT2D eigenvalue weighted by atomic mass is 9.76. The zero-order chi connectivity index (χ0) is 15.2. The molecular formula is C20H28O. The van der Waals surface area contributed by atoms with Crippen LogP contribution >= 0.6 is 0 Å². The molecule has 0 aromatic heterocycles. The molecule has 21 heavy (non-hydrogen) atoms. The maximum Gasteiger partial charge on any atom is 0.118 e. The van der Waals surface area contributed by atoms with E-state index >= 15 is 0 Å². The molecule has 0 aliphatic heterocycles. The molecule has 1 aromatic carbocycles. The van der Waals surface area contributed by atoms with Crippen molar-refractivity contribution >= 4 is 0 Å². The molecule has 0 spiro atoms. The fraction of sp³-hybridized carbons (Fsp3) is 0.500. The normalized spacial score (nSPS) is 21.6. The van der Waals surface area contributed by atoms with Gasteiger partial charge in [-0.25, -0.2) is 0 Å². The van der Waals surface area contributed by atoms with E-state index in [0.717, 1.165) is 11.7 Å². The second-order valence-electron chi connectivity index (χ2n) is 6.48. The zero-order valence-electron chi connectivity index (χ0n) is 13.9. The molecule has 0 amide bonds. The summed E-state index contributed by atoms with van der Waals surface area (Å²) in [6, 6.07) is 8.61. The average molecular weight is 284 g/mol. The van der Waals surface area contributed by atoms with Gasteiger partial charge in [0.15, 0.2) is 0 Å². The first-order chi connectivity index (χ1) is 10.1. The Labute approximate surface area is 129 Å². The average Bonchev–Trinajstić information content (AvgIpc) is 2.47. The molecule has 1 heteroatoms. The van der Waals surface area contributed by atoms with Crippen molar-refractivity contribution < 1.29 is 4.74 Å². The topological polar surface area (TPSA) is 9.23 Å². The molecule has 0 saturated heterocycles. The Morgan fingerprint density at radius 3 is 2.52 bits per heavy atom. The molecule has 1 aromatic rings. The Morgan fingerprint density at radius 1 is 1.24 bits per heavy atom. The van der Waals surface area contributed by atoms with Crippen molar-refractivity contribution in [2.24, 2.45) is 5.92 Å². The van der Waals surface area contributed by atoms with Crippen molar-refractivity contribution in [3.63, 3.8) is 0 Å². The second-order valence-corrected chi connectivity index (χ2v) is 6.48. The van der Waals surface area contributed by atoms with Crippen LogP contribution in [0.25, 0.3) is 0 Å². The third-order valence-corrected chi connectivity index (χ3v) is 4.49. The van der Waals surface area contributed by atoms with E-state index in [2.05, 4.69) is 57.2 Å². The predicted molar refractivity (Wildman–Crippen MR) is 90.9 cm³/mol. The van der Waals surface area contributed by atoms with E-state index in [-0.39, 0.29) is 0 Å². The van der Waals surface area contributed by atoms with Crippen molar-refractivity contribution in [1.29, 1.82) is 0 Å². The van der Waals surface area contributed by atoms with Crippen molar-refractivity contribution in [1.82, 2.24) is 0 Å². The van der Waals surface area contributed by atoms with Crippen LogP contribution in [-0.2, 0) is 0 Å². The molecule has 0 bridgehead atoms. The van der Waals surface area contributed by atoms with Gasteiger partial charge < -0.3 is 4.74 Å². The highest BCUT2D eigenvalue weighted by Gasteiger charge is 2.23. The molecule has 1 aliphatic carbocycles. The Kier molecular flexibility index (Phi) is 5.67. The van der Waals surface area contributed by atoms with Gasteiger partial charge in [0, 0.05) is 0 Å². The van der Waals surface area contributed by atoms with Crippen LogP contribution in [0.1, 0.15) is 57.9 Å². The van der Waals surface area contributed by atoms with E-state index in [1.165, 1.54) is 36.8 Å². The number of hydrogen-bond donors (Lipinski definition) is 0. The maximum absolute atomic E-state index is 5.25. The van der Waals surface area contributed by atoms with Crippen LogP contribution in [-0.4, -0.2) is 7.11 Å². The Hall–Kier alpha value is -1.50. The molecule has 0 saturated carbocycles. The minimum absolute atomic E-state index is 0.656. The monoisotopic (exact) mass is 284 g/mol. The largest absolute Gasteiger partial charge is 0.497 e. The van der Waals surface area contributed by atoms with Crippen LogP contribution in [0.2, 0.25) is 0 Å². The molecule has 0 heterocycles. The first-order valence-corrected chi connectivity index (χ1v) is 8.05. The van der Waals surface area contributed by atoms with E-state index in [0.29, 0.717) is 5.92 Å². The van der Waals surface area contributed by atoms with Gasteiger partial charge in [-0.3, -0.25) is 0 Å². The summed E-state index contributed by atoms with van der Waals surface area (Å²) in [5, 5.41) is 0. The van der Waals surface area contributed by atoms with Gasteiger partial charge in [-0.15, -0.1) is 0 Å². The molecule has 0 N–H and O–H groups in total. The summed E-state index contributed by atoms with van der Waals surface area (Å²) in [7, 11) is 1.72. The summed E-state index contributed by atoms with van der Waals surface area (Å²) >= 11 is 0. The zero-order valence-corrected chi connectivity index (χ0v) is 13.9. The van der Waals surface area contributed by atoms with E-state index in [9.17, 15) is 0 Å². The van der Waals surface area contributed by atoms with Crippen LogP contribution in [0.5, 0.6) is 5.75 Å². The molecule has 0 radical (unpaired) electrons. The highest BCUT2D eigenvalue weighted by Crippen LogP contribution is 2.38. The Morgan fingerprint density at radius 2 is 1.95 bits per heavy atom. The smallest absolute Gasteiger partial charge is 0.118 e. The third-order valence-electron chi connectivity index (χ3n) is 4.49. The standard InChI is InChI=1S/C20H28O/c1-15(2)6-5-7-17-8-13-20(16(3)14-17)18-9-11-19(21-4)12-10-18/h6,8-12,16,20H,5,7,13-14H2,1-4H3/t16-,20-/m0/s1. The maximum atomic E-state index is 5.25. The quantitative estimate of drug-likeness (QED) is 0.613. The fourth-order valence-corrected chi connectivity index (χ4v) is 3.23. The van der Waals surface area contributed by atoms with E-state index in [1.807, 2.05) is 0 Å². The number of hydrogen-bond acceptors (Lipinski definition) is 1. The van der Waals surface area contributed by atoms with Gasteiger partial charge in [0.25, 0.3) is 0 Å².